The minimum atomic E-state index is -0.490. The van der Waals surface area contributed by atoms with E-state index in [1.54, 1.807) is 12.1 Å². The molecule has 8 heteroatoms. The molecular formula is C20H24N2O5S. The zero-order valence-corrected chi connectivity index (χ0v) is 16.6. The number of amides is 2. The van der Waals surface area contributed by atoms with Gasteiger partial charge < -0.3 is 4.74 Å². The SMILES string of the molecule is CCC(COc1ccc(C=C2SC(=O)NC2=O)cc1[N+](=O)[O-])C1CCCCC1. The lowest BCUT2D eigenvalue weighted by molar-refractivity contribution is -0.385. The molecule has 1 aromatic carbocycles. The Balaban J connectivity index is 1.74. The van der Waals surface area contributed by atoms with E-state index in [0.29, 0.717) is 24.0 Å². The van der Waals surface area contributed by atoms with Crippen LogP contribution in [0.1, 0.15) is 51.0 Å². The van der Waals surface area contributed by atoms with Crippen molar-refractivity contribution in [3.05, 3.63) is 38.8 Å². The molecule has 1 saturated heterocycles. The molecule has 0 radical (unpaired) electrons. The van der Waals surface area contributed by atoms with Crippen molar-refractivity contribution in [3.8, 4) is 5.75 Å². The van der Waals surface area contributed by atoms with Gasteiger partial charge in [-0.1, -0.05) is 45.1 Å². The molecule has 7 nitrogen and oxygen atoms in total. The highest BCUT2D eigenvalue weighted by Gasteiger charge is 2.26. The van der Waals surface area contributed by atoms with Gasteiger partial charge in [-0.2, -0.15) is 0 Å². The maximum absolute atomic E-state index is 11.7. The Labute approximate surface area is 168 Å². The van der Waals surface area contributed by atoms with Gasteiger partial charge in [0.1, 0.15) is 0 Å². The van der Waals surface area contributed by atoms with Crippen LogP contribution in [0.5, 0.6) is 5.75 Å². The van der Waals surface area contributed by atoms with Crippen molar-refractivity contribution < 1.29 is 19.2 Å². The second-order valence-corrected chi connectivity index (χ2v) is 8.23. The van der Waals surface area contributed by atoms with Gasteiger partial charge in [-0.15, -0.1) is 0 Å². The van der Waals surface area contributed by atoms with E-state index in [9.17, 15) is 19.7 Å². The summed E-state index contributed by atoms with van der Waals surface area (Å²) in [6.45, 7) is 2.60. The summed E-state index contributed by atoms with van der Waals surface area (Å²) in [5.41, 5.74) is 0.341. The van der Waals surface area contributed by atoms with E-state index in [1.807, 2.05) is 0 Å². The lowest BCUT2D eigenvalue weighted by Crippen LogP contribution is -2.23. The number of benzene rings is 1. The van der Waals surface area contributed by atoms with Crippen LogP contribution in [0.3, 0.4) is 0 Å². The van der Waals surface area contributed by atoms with Gasteiger partial charge in [0, 0.05) is 6.07 Å². The molecule has 1 atom stereocenters. The first-order valence-electron chi connectivity index (χ1n) is 9.64. The number of carbonyl (C=O) groups excluding carboxylic acids is 2. The number of ether oxygens (including phenoxy) is 1. The molecule has 1 heterocycles. The number of nitrogens with one attached hydrogen (secondary N) is 1. The number of rotatable bonds is 7. The molecule has 3 rings (SSSR count). The Hall–Kier alpha value is -2.35. The Morgan fingerprint density at radius 2 is 2.07 bits per heavy atom. The third-order valence-corrected chi connectivity index (χ3v) is 6.22. The number of imide groups is 1. The fourth-order valence-corrected chi connectivity index (χ4v) is 4.53. The maximum Gasteiger partial charge on any atom is 0.311 e. The fraction of sp³-hybridized carbons (Fsp3) is 0.500. The molecule has 0 bridgehead atoms. The standard InChI is InChI=1S/C20H24N2O5S/c1-2-14(15-6-4-3-5-7-15)12-27-17-9-8-13(10-16(17)22(25)26)11-18-19(23)21-20(24)28-18/h8-11,14-15H,2-7,12H2,1H3,(H,21,23,24). The van der Waals surface area contributed by atoms with Crippen LogP contribution in [0.2, 0.25) is 0 Å². The number of nitro groups is 1. The number of thioether (sulfide) groups is 1. The minimum absolute atomic E-state index is 0.137. The van der Waals surface area contributed by atoms with Crippen molar-refractivity contribution in [1.82, 2.24) is 5.32 Å². The number of hydrogen-bond acceptors (Lipinski definition) is 6. The van der Waals surface area contributed by atoms with E-state index in [1.165, 1.54) is 44.2 Å². The highest BCUT2D eigenvalue weighted by molar-refractivity contribution is 8.18. The molecule has 1 aliphatic heterocycles. The fourth-order valence-electron chi connectivity index (χ4n) is 3.85. The zero-order valence-electron chi connectivity index (χ0n) is 15.8. The first-order chi connectivity index (χ1) is 13.5. The third kappa shape index (κ3) is 4.92. The molecule has 1 aromatic rings. The summed E-state index contributed by atoms with van der Waals surface area (Å²) < 4.78 is 5.87. The van der Waals surface area contributed by atoms with Crippen molar-refractivity contribution in [2.24, 2.45) is 11.8 Å². The van der Waals surface area contributed by atoms with Crippen molar-refractivity contribution in [2.45, 2.75) is 45.4 Å². The summed E-state index contributed by atoms with van der Waals surface area (Å²) in [5, 5.41) is 13.2. The summed E-state index contributed by atoms with van der Waals surface area (Å²) in [6.07, 6.45) is 8.65. The molecule has 28 heavy (non-hydrogen) atoms. The number of carbonyl (C=O) groups is 2. The highest BCUT2D eigenvalue weighted by Crippen LogP contribution is 2.35. The molecule has 2 aliphatic rings. The normalized spacial score (nSPS) is 20.2. The van der Waals surface area contributed by atoms with E-state index in [-0.39, 0.29) is 16.3 Å². The van der Waals surface area contributed by atoms with Gasteiger partial charge in [0.25, 0.3) is 11.1 Å². The predicted octanol–water partition coefficient (Wildman–Crippen LogP) is 4.90. The lowest BCUT2D eigenvalue weighted by Gasteiger charge is -2.29. The molecule has 0 spiro atoms. The van der Waals surface area contributed by atoms with Crippen molar-refractivity contribution in [1.29, 1.82) is 0 Å². The smallest absolute Gasteiger partial charge is 0.311 e. The van der Waals surface area contributed by atoms with Gasteiger partial charge in [-0.3, -0.25) is 25.0 Å². The molecule has 1 N–H and O–H groups in total. The van der Waals surface area contributed by atoms with E-state index < -0.39 is 16.1 Å². The second kappa shape index (κ2) is 9.23. The van der Waals surface area contributed by atoms with Gasteiger partial charge in [-0.05, 0) is 47.7 Å². The molecule has 0 aromatic heterocycles. The van der Waals surface area contributed by atoms with E-state index in [0.717, 1.165) is 18.2 Å². The summed E-state index contributed by atoms with van der Waals surface area (Å²) >= 11 is 0.780. The molecule has 1 aliphatic carbocycles. The average molecular weight is 404 g/mol. The molecule has 2 amide bonds. The quantitative estimate of drug-likeness (QED) is 0.394. The molecule has 150 valence electrons. The number of hydrogen-bond donors (Lipinski definition) is 1. The average Bonchev–Trinajstić information content (AvgIpc) is 3.00. The second-order valence-electron chi connectivity index (χ2n) is 7.21. The van der Waals surface area contributed by atoms with Crippen LogP contribution in [-0.4, -0.2) is 22.7 Å². The Morgan fingerprint density at radius 1 is 1.32 bits per heavy atom. The predicted molar refractivity (Wildman–Crippen MR) is 108 cm³/mol. The van der Waals surface area contributed by atoms with Gasteiger partial charge in [0.2, 0.25) is 0 Å². The summed E-state index contributed by atoms with van der Waals surface area (Å²) in [5.74, 6) is 0.765. The molecule has 2 fully saturated rings. The highest BCUT2D eigenvalue weighted by atomic mass is 32.2. The van der Waals surface area contributed by atoms with Crippen LogP contribution in [0.15, 0.2) is 23.1 Å². The number of nitro benzene ring substituents is 1. The van der Waals surface area contributed by atoms with E-state index in [2.05, 4.69) is 12.2 Å². The third-order valence-electron chi connectivity index (χ3n) is 5.41. The summed E-state index contributed by atoms with van der Waals surface area (Å²) in [7, 11) is 0. The van der Waals surface area contributed by atoms with E-state index in [4.69, 9.17) is 4.74 Å². The summed E-state index contributed by atoms with van der Waals surface area (Å²) in [4.78, 5) is 34.2. The van der Waals surface area contributed by atoms with Gasteiger partial charge >= 0.3 is 5.69 Å². The maximum atomic E-state index is 11.7. The largest absolute Gasteiger partial charge is 0.487 e. The first-order valence-corrected chi connectivity index (χ1v) is 10.5. The van der Waals surface area contributed by atoms with Crippen LogP contribution in [0.4, 0.5) is 10.5 Å². The van der Waals surface area contributed by atoms with Crippen LogP contribution >= 0.6 is 11.8 Å². The lowest BCUT2D eigenvalue weighted by atomic mass is 9.79. The molecule has 1 saturated carbocycles. The van der Waals surface area contributed by atoms with Crippen molar-refractivity contribution in [3.63, 3.8) is 0 Å². The van der Waals surface area contributed by atoms with Crippen LogP contribution in [-0.2, 0) is 4.79 Å². The zero-order chi connectivity index (χ0) is 20.1. The van der Waals surface area contributed by atoms with Crippen LogP contribution in [0, 0.1) is 22.0 Å². The van der Waals surface area contributed by atoms with E-state index >= 15 is 0 Å². The first kappa shape index (κ1) is 20.4. The van der Waals surface area contributed by atoms with Gasteiger partial charge in [-0.25, -0.2) is 0 Å². The molecular weight excluding hydrogens is 380 g/mol. The topological polar surface area (TPSA) is 98.5 Å². The van der Waals surface area contributed by atoms with Crippen LogP contribution in [0.25, 0.3) is 6.08 Å². The van der Waals surface area contributed by atoms with Crippen molar-refractivity contribution in [2.75, 3.05) is 6.61 Å². The summed E-state index contributed by atoms with van der Waals surface area (Å²) in [6, 6.07) is 4.60. The minimum Gasteiger partial charge on any atom is -0.487 e. The van der Waals surface area contributed by atoms with Crippen LogP contribution < -0.4 is 10.1 Å². The number of nitrogens with zero attached hydrogens (tertiary/aromatic N) is 1. The monoisotopic (exact) mass is 404 g/mol. The van der Waals surface area contributed by atoms with Crippen molar-refractivity contribution >= 4 is 34.7 Å². The van der Waals surface area contributed by atoms with Gasteiger partial charge in [0.05, 0.1) is 16.4 Å². The Morgan fingerprint density at radius 3 is 2.68 bits per heavy atom. The Bertz CT molecular complexity index is 802. The molecule has 1 unspecified atom stereocenters. The Kier molecular flexibility index (Phi) is 6.72. The van der Waals surface area contributed by atoms with Gasteiger partial charge in [0.15, 0.2) is 5.75 Å².